The molecular weight excluding hydrogens is 503 g/mol. The zero-order chi connectivity index (χ0) is 21.5. The highest BCUT2D eigenvalue weighted by molar-refractivity contribution is 9.10. The molecule has 5 aromatic rings. The highest BCUT2D eigenvalue weighted by Gasteiger charge is 2.12. The molecule has 8 heteroatoms. The van der Waals surface area contributed by atoms with E-state index in [0.29, 0.717) is 30.3 Å². The van der Waals surface area contributed by atoms with Crippen LogP contribution in [-0.4, -0.2) is 9.38 Å². The van der Waals surface area contributed by atoms with Crippen LogP contribution < -0.4 is 14.8 Å². The minimum atomic E-state index is -0.320. The fraction of sp³-hybridized carbons (Fsp3) is 0.0435. The van der Waals surface area contributed by atoms with Gasteiger partial charge in [0, 0.05) is 0 Å². The Kier molecular flexibility index (Phi) is 5.25. The van der Waals surface area contributed by atoms with Crippen LogP contribution in [0, 0.1) is 5.82 Å². The van der Waals surface area contributed by atoms with E-state index in [0.717, 1.165) is 16.6 Å². The summed E-state index contributed by atoms with van der Waals surface area (Å²) in [7, 11) is 0. The fourth-order valence-corrected chi connectivity index (χ4v) is 5.32. The SMILES string of the molecule is O=c1/c(=C/c2cc(Cl)c(OCc3cccc(F)c3)c(Br)c2)sc2nc3ccccc3n12. The summed E-state index contributed by atoms with van der Waals surface area (Å²) in [5.74, 6) is 0.136. The molecule has 31 heavy (non-hydrogen) atoms. The summed E-state index contributed by atoms with van der Waals surface area (Å²) in [5.41, 5.74) is 2.92. The number of para-hydroxylation sites is 2. The van der Waals surface area contributed by atoms with E-state index in [9.17, 15) is 9.18 Å². The molecule has 154 valence electrons. The van der Waals surface area contributed by atoms with Gasteiger partial charge in [-0.15, -0.1) is 0 Å². The molecule has 0 radical (unpaired) electrons. The van der Waals surface area contributed by atoms with Crippen LogP contribution in [0.15, 0.2) is 69.9 Å². The second-order valence-corrected chi connectivity index (χ2v) is 9.14. The number of benzene rings is 3. The number of ether oxygens (including phenoxy) is 1. The third kappa shape index (κ3) is 3.84. The minimum absolute atomic E-state index is 0.118. The second-order valence-electron chi connectivity index (χ2n) is 6.87. The highest BCUT2D eigenvalue weighted by Crippen LogP contribution is 2.35. The number of fused-ring (bicyclic) bond motifs is 3. The maximum atomic E-state index is 13.4. The summed E-state index contributed by atoms with van der Waals surface area (Å²) in [6, 6.07) is 17.3. The van der Waals surface area contributed by atoms with Gasteiger partial charge >= 0.3 is 0 Å². The number of imidazole rings is 1. The Morgan fingerprint density at radius 3 is 2.81 bits per heavy atom. The maximum absolute atomic E-state index is 13.4. The van der Waals surface area contributed by atoms with Crippen LogP contribution in [0.25, 0.3) is 22.1 Å². The summed E-state index contributed by atoms with van der Waals surface area (Å²) in [4.78, 5) is 18.1. The van der Waals surface area contributed by atoms with Crippen molar-refractivity contribution in [2.45, 2.75) is 6.61 Å². The quantitative estimate of drug-likeness (QED) is 0.313. The predicted octanol–water partition coefficient (Wildman–Crippen LogP) is 5.59. The monoisotopic (exact) mass is 514 g/mol. The fourth-order valence-electron chi connectivity index (χ4n) is 3.35. The Morgan fingerprint density at radius 2 is 2.00 bits per heavy atom. The van der Waals surface area contributed by atoms with E-state index in [1.165, 1.54) is 23.5 Å². The molecule has 0 aliphatic rings. The van der Waals surface area contributed by atoms with E-state index in [1.807, 2.05) is 30.3 Å². The molecule has 4 nitrogen and oxygen atoms in total. The third-order valence-electron chi connectivity index (χ3n) is 4.74. The van der Waals surface area contributed by atoms with Crippen molar-refractivity contribution >= 4 is 60.9 Å². The van der Waals surface area contributed by atoms with Gasteiger partial charge in [0.2, 0.25) is 0 Å². The van der Waals surface area contributed by atoms with Gasteiger partial charge in [-0.3, -0.25) is 4.79 Å². The minimum Gasteiger partial charge on any atom is -0.486 e. The van der Waals surface area contributed by atoms with Gasteiger partial charge in [-0.1, -0.05) is 47.2 Å². The molecule has 0 fully saturated rings. The van der Waals surface area contributed by atoms with E-state index in [2.05, 4.69) is 20.9 Å². The lowest BCUT2D eigenvalue weighted by Gasteiger charge is -2.11. The van der Waals surface area contributed by atoms with Crippen LogP contribution >= 0.6 is 38.9 Å². The molecule has 0 spiro atoms. The Bertz CT molecular complexity index is 1540. The predicted molar refractivity (Wildman–Crippen MR) is 126 cm³/mol. The molecule has 0 N–H and O–H groups in total. The molecule has 5 rings (SSSR count). The molecule has 2 aromatic heterocycles. The van der Waals surface area contributed by atoms with Gasteiger partial charge in [0.1, 0.15) is 12.4 Å². The van der Waals surface area contributed by atoms with Crippen molar-refractivity contribution in [3.63, 3.8) is 0 Å². The van der Waals surface area contributed by atoms with Crippen LogP contribution in [-0.2, 0) is 6.61 Å². The zero-order valence-electron chi connectivity index (χ0n) is 15.8. The van der Waals surface area contributed by atoms with E-state index in [4.69, 9.17) is 16.3 Å². The van der Waals surface area contributed by atoms with Crippen LogP contribution in [0.5, 0.6) is 5.75 Å². The van der Waals surface area contributed by atoms with Gasteiger partial charge in [0.05, 0.1) is 25.1 Å². The van der Waals surface area contributed by atoms with Crippen LogP contribution in [0.1, 0.15) is 11.1 Å². The van der Waals surface area contributed by atoms with Crippen molar-refractivity contribution in [2.75, 3.05) is 0 Å². The molecule has 0 aliphatic carbocycles. The maximum Gasteiger partial charge on any atom is 0.274 e. The Hall–Kier alpha value is -2.74. The standard InChI is InChI=1S/C23H13BrClFN2O2S/c24-16-9-14(10-17(25)21(16)30-12-13-4-3-5-15(26)8-13)11-20-22(29)28-19-7-2-1-6-18(19)27-23(28)31-20/h1-11H,12H2/b20-11-. The molecule has 0 saturated heterocycles. The third-order valence-corrected chi connectivity index (χ3v) is 6.57. The molecule has 3 aromatic carbocycles. The molecule has 2 heterocycles. The summed E-state index contributed by atoms with van der Waals surface area (Å²) in [6.07, 6.45) is 1.78. The smallest absolute Gasteiger partial charge is 0.274 e. The first-order chi connectivity index (χ1) is 15.0. The number of hydrogen-bond acceptors (Lipinski definition) is 4. The number of thiazole rings is 1. The number of halogens is 3. The van der Waals surface area contributed by atoms with Crippen molar-refractivity contribution in [1.82, 2.24) is 9.38 Å². The van der Waals surface area contributed by atoms with Crippen molar-refractivity contribution in [1.29, 1.82) is 0 Å². The number of nitrogens with zero attached hydrogens (tertiary/aromatic N) is 2. The molecule has 0 unspecified atom stereocenters. The van der Waals surface area contributed by atoms with Crippen LogP contribution in [0.3, 0.4) is 0 Å². The van der Waals surface area contributed by atoms with E-state index in [1.54, 1.807) is 28.7 Å². The Balaban J connectivity index is 1.49. The topological polar surface area (TPSA) is 43.6 Å². The van der Waals surface area contributed by atoms with E-state index in [-0.39, 0.29) is 18.0 Å². The first-order valence-electron chi connectivity index (χ1n) is 9.27. The number of hydrogen-bond donors (Lipinski definition) is 0. The molecule has 0 amide bonds. The molecule has 0 aliphatic heterocycles. The van der Waals surface area contributed by atoms with Crippen molar-refractivity contribution in [2.24, 2.45) is 0 Å². The molecular formula is C23H13BrClFN2O2S. The Labute approximate surface area is 193 Å². The van der Waals surface area contributed by atoms with Crippen molar-refractivity contribution in [3.8, 4) is 5.75 Å². The number of rotatable bonds is 4. The van der Waals surface area contributed by atoms with Gasteiger partial charge in [-0.2, -0.15) is 0 Å². The molecule has 0 bridgehead atoms. The summed E-state index contributed by atoms with van der Waals surface area (Å²) < 4.78 is 22.0. The summed E-state index contributed by atoms with van der Waals surface area (Å²) in [6.45, 7) is 0.180. The van der Waals surface area contributed by atoms with Gasteiger partial charge < -0.3 is 4.74 Å². The molecule has 0 atom stereocenters. The average Bonchev–Trinajstić information content (AvgIpc) is 3.24. The molecule has 0 saturated carbocycles. The first kappa shape index (κ1) is 20.2. The van der Waals surface area contributed by atoms with Crippen molar-refractivity contribution in [3.05, 3.63) is 102 Å². The van der Waals surface area contributed by atoms with E-state index < -0.39 is 0 Å². The van der Waals surface area contributed by atoms with Gasteiger partial charge in [0.15, 0.2) is 10.7 Å². The van der Waals surface area contributed by atoms with Crippen LogP contribution in [0.4, 0.5) is 4.39 Å². The van der Waals surface area contributed by atoms with Crippen LogP contribution in [0.2, 0.25) is 5.02 Å². The number of aromatic nitrogens is 2. The largest absolute Gasteiger partial charge is 0.486 e. The lowest BCUT2D eigenvalue weighted by molar-refractivity contribution is 0.304. The van der Waals surface area contributed by atoms with Crippen molar-refractivity contribution < 1.29 is 9.13 Å². The van der Waals surface area contributed by atoms with Gasteiger partial charge in [0.25, 0.3) is 5.56 Å². The highest BCUT2D eigenvalue weighted by atomic mass is 79.9. The summed E-state index contributed by atoms with van der Waals surface area (Å²) in [5, 5.41) is 0.385. The lowest BCUT2D eigenvalue weighted by atomic mass is 10.2. The zero-order valence-corrected chi connectivity index (χ0v) is 19.0. The van der Waals surface area contributed by atoms with E-state index >= 15 is 0 Å². The summed E-state index contributed by atoms with van der Waals surface area (Å²) >= 11 is 11.2. The Morgan fingerprint density at radius 1 is 1.16 bits per heavy atom. The average molecular weight is 516 g/mol. The normalized spacial score (nSPS) is 12.2. The van der Waals surface area contributed by atoms with Gasteiger partial charge in [-0.05, 0) is 69.5 Å². The second kappa shape index (κ2) is 8.07. The van der Waals surface area contributed by atoms with Gasteiger partial charge in [-0.25, -0.2) is 13.8 Å². The lowest BCUT2D eigenvalue weighted by Crippen LogP contribution is -2.22. The first-order valence-corrected chi connectivity index (χ1v) is 11.3.